The smallest absolute Gasteiger partial charge is 0.222 e. The van der Waals surface area contributed by atoms with Gasteiger partial charge in [-0.25, -0.2) is 0 Å². The van der Waals surface area contributed by atoms with E-state index in [0.29, 0.717) is 38.5 Å². The van der Waals surface area contributed by atoms with E-state index in [1.165, 1.54) is 19.3 Å². The van der Waals surface area contributed by atoms with Crippen molar-refractivity contribution in [2.45, 2.75) is 84.3 Å². The Morgan fingerprint density at radius 3 is 1.96 bits per heavy atom. The van der Waals surface area contributed by atoms with Gasteiger partial charge in [-0.05, 0) is 19.8 Å². The molecule has 0 aromatic heterocycles. The van der Waals surface area contributed by atoms with Gasteiger partial charge in [-0.3, -0.25) is 4.79 Å². The van der Waals surface area contributed by atoms with Crippen molar-refractivity contribution in [3.63, 3.8) is 0 Å². The SMILES string of the molecule is CCCCCC#CCC#CCC#CCC#CCCCC(=O)NC(C)OCCO. The molecular weight excluding hydrogens is 350 g/mol. The number of amides is 1. The Balaban J connectivity index is 3.68. The van der Waals surface area contributed by atoms with Crippen LogP contribution in [-0.2, 0) is 9.53 Å². The Morgan fingerprint density at radius 1 is 0.893 bits per heavy atom. The van der Waals surface area contributed by atoms with Gasteiger partial charge >= 0.3 is 0 Å². The van der Waals surface area contributed by atoms with Crippen molar-refractivity contribution in [2.24, 2.45) is 0 Å². The second kappa shape index (κ2) is 20.9. The molecule has 0 saturated heterocycles. The molecule has 0 radical (unpaired) electrons. The molecular formula is C24H33NO3. The van der Waals surface area contributed by atoms with E-state index in [-0.39, 0.29) is 25.3 Å². The molecule has 0 aromatic rings. The monoisotopic (exact) mass is 383 g/mol. The minimum atomic E-state index is -0.387. The lowest BCUT2D eigenvalue weighted by Crippen LogP contribution is -2.35. The molecule has 0 aliphatic rings. The van der Waals surface area contributed by atoms with E-state index in [0.717, 1.165) is 6.42 Å². The first-order valence-corrected chi connectivity index (χ1v) is 10.0. The summed E-state index contributed by atoms with van der Waals surface area (Å²) in [5.41, 5.74) is 0. The third-order valence-electron chi connectivity index (χ3n) is 3.46. The van der Waals surface area contributed by atoms with Crippen molar-refractivity contribution in [3.05, 3.63) is 0 Å². The van der Waals surface area contributed by atoms with Crippen LogP contribution in [0.25, 0.3) is 0 Å². The average molecular weight is 384 g/mol. The lowest BCUT2D eigenvalue weighted by Gasteiger charge is -2.13. The van der Waals surface area contributed by atoms with Gasteiger partial charge in [0.2, 0.25) is 5.91 Å². The molecule has 28 heavy (non-hydrogen) atoms. The highest BCUT2D eigenvalue weighted by atomic mass is 16.5. The number of nitrogens with one attached hydrogen (secondary N) is 1. The molecule has 4 nitrogen and oxygen atoms in total. The summed E-state index contributed by atoms with van der Waals surface area (Å²) in [5, 5.41) is 11.3. The van der Waals surface area contributed by atoms with Crippen LogP contribution in [0.4, 0.5) is 0 Å². The maximum Gasteiger partial charge on any atom is 0.222 e. The summed E-state index contributed by atoms with van der Waals surface area (Å²) in [4.78, 5) is 11.6. The number of rotatable bonds is 10. The highest BCUT2D eigenvalue weighted by Crippen LogP contribution is 1.97. The molecule has 0 fully saturated rings. The number of ether oxygens (including phenoxy) is 1. The van der Waals surface area contributed by atoms with Crippen LogP contribution in [0.5, 0.6) is 0 Å². The fourth-order valence-corrected chi connectivity index (χ4v) is 2.06. The zero-order chi connectivity index (χ0) is 20.7. The molecule has 0 aliphatic heterocycles. The van der Waals surface area contributed by atoms with Gasteiger partial charge in [-0.15, -0.1) is 11.8 Å². The van der Waals surface area contributed by atoms with Crippen molar-refractivity contribution >= 4 is 5.91 Å². The zero-order valence-corrected chi connectivity index (χ0v) is 17.3. The molecule has 0 rings (SSSR count). The molecule has 0 saturated carbocycles. The summed E-state index contributed by atoms with van der Waals surface area (Å²) >= 11 is 0. The van der Waals surface area contributed by atoms with E-state index >= 15 is 0 Å². The number of carbonyl (C=O) groups excluding carboxylic acids is 1. The average Bonchev–Trinajstić information content (AvgIpc) is 2.68. The number of carbonyl (C=O) groups is 1. The summed E-state index contributed by atoms with van der Waals surface area (Å²) in [7, 11) is 0. The van der Waals surface area contributed by atoms with Crippen LogP contribution in [0.1, 0.15) is 78.1 Å². The van der Waals surface area contributed by atoms with Gasteiger partial charge in [0, 0.05) is 19.3 Å². The summed E-state index contributed by atoms with van der Waals surface area (Å²) in [5.74, 6) is 24.1. The molecule has 0 spiro atoms. The minimum absolute atomic E-state index is 0.0564. The molecule has 0 heterocycles. The Kier molecular flexibility index (Phi) is 19.2. The van der Waals surface area contributed by atoms with Gasteiger partial charge in [0.1, 0.15) is 6.23 Å². The molecule has 2 N–H and O–H groups in total. The first kappa shape index (κ1) is 25.6. The highest BCUT2D eigenvalue weighted by molar-refractivity contribution is 5.75. The maximum atomic E-state index is 11.6. The topological polar surface area (TPSA) is 58.6 Å². The minimum Gasteiger partial charge on any atom is -0.394 e. The number of hydrogen-bond donors (Lipinski definition) is 2. The Labute approximate surface area is 171 Å². The van der Waals surface area contributed by atoms with Gasteiger partial charge in [0.25, 0.3) is 0 Å². The molecule has 4 heteroatoms. The van der Waals surface area contributed by atoms with E-state index in [1.807, 2.05) is 0 Å². The van der Waals surface area contributed by atoms with Crippen LogP contribution in [0.3, 0.4) is 0 Å². The maximum absolute atomic E-state index is 11.6. The van der Waals surface area contributed by atoms with E-state index in [1.54, 1.807) is 6.92 Å². The van der Waals surface area contributed by atoms with Crippen LogP contribution in [0.2, 0.25) is 0 Å². The third-order valence-corrected chi connectivity index (χ3v) is 3.46. The lowest BCUT2D eigenvalue weighted by atomic mass is 10.2. The van der Waals surface area contributed by atoms with Gasteiger partial charge in [-0.2, -0.15) is 0 Å². The van der Waals surface area contributed by atoms with Crippen LogP contribution >= 0.6 is 0 Å². The van der Waals surface area contributed by atoms with Crippen molar-refractivity contribution in [1.29, 1.82) is 0 Å². The molecule has 0 aromatic carbocycles. The van der Waals surface area contributed by atoms with Crippen LogP contribution in [0.15, 0.2) is 0 Å². The standard InChI is InChI=1S/C24H33NO3/c1-3-4-5-6-7-8-9-10-11-12-13-14-15-16-17-18-19-20-24(27)25-23(2)28-22-21-26/h23,26H,3-6,9,12,15,18-22H2,1-2H3,(H,25,27). The van der Waals surface area contributed by atoms with Crippen molar-refractivity contribution in [1.82, 2.24) is 5.32 Å². The first-order chi connectivity index (χ1) is 13.7. The molecule has 152 valence electrons. The fraction of sp³-hybridized carbons (Fsp3) is 0.625. The molecule has 1 atom stereocenters. The fourth-order valence-electron chi connectivity index (χ4n) is 2.06. The number of hydrogen-bond acceptors (Lipinski definition) is 3. The third kappa shape index (κ3) is 19.9. The Morgan fingerprint density at radius 2 is 1.43 bits per heavy atom. The molecule has 1 unspecified atom stereocenters. The number of aliphatic hydroxyl groups is 1. The highest BCUT2D eigenvalue weighted by Gasteiger charge is 2.05. The summed E-state index contributed by atoms with van der Waals surface area (Å²) in [6, 6.07) is 0. The Bertz CT molecular complexity index is 653. The predicted octanol–water partition coefficient (Wildman–Crippen LogP) is 3.39. The van der Waals surface area contributed by atoms with E-state index in [9.17, 15) is 4.79 Å². The van der Waals surface area contributed by atoms with Gasteiger partial charge in [0.05, 0.1) is 32.5 Å². The zero-order valence-electron chi connectivity index (χ0n) is 17.3. The summed E-state index contributed by atoms with van der Waals surface area (Å²) < 4.78 is 5.16. The van der Waals surface area contributed by atoms with E-state index in [2.05, 4.69) is 59.6 Å². The summed E-state index contributed by atoms with van der Waals surface area (Å²) in [6.07, 6.45) is 7.69. The predicted molar refractivity (Wildman–Crippen MR) is 114 cm³/mol. The van der Waals surface area contributed by atoms with Crippen LogP contribution < -0.4 is 5.32 Å². The molecule has 0 bridgehead atoms. The van der Waals surface area contributed by atoms with E-state index < -0.39 is 0 Å². The van der Waals surface area contributed by atoms with E-state index in [4.69, 9.17) is 9.84 Å². The van der Waals surface area contributed by atoms with Gasteiger partial charge < -0.3 is 15.2 Å². The second-order valence-electron chi connectivity index (χ2n) is 6.06. The quantitative estimate of drug-likeness (QED) is 0.345. The van der Waals surface area contributed by atoms with Crippen molar-refractivity contribution < 1.29 is 14.6 Å². The first-order valence-electron chi connectivity index (χ1n) is 10.0. The summed E-state index contributed by atoms with van der Waals surface area (Å²) in [6.45, 7) is 4.08. The number of aliphatic hydroxyl groups excluding tert-OH is 1. The normalized spacial score (nSPS) is 9.96. The van der Waals surface area contributed by atoms with Crippen LogP contribution in [0, 0.1) is 47.4 Å². The van der Waals surface area contributed by atoms with Gasteiger partial charge in [0.15, 0.2) is 0 Å². The van der Waals surface area contributed by atoms with Gasteiger partial charge in [-0.1, -0.05) is 55.3 Å². The lowest BCUT2D eigenvalue weighted by molar-refractivity contribution is -0.125. The van der Waals surface area contributed by atoms with Crippen molar-refractivity contribution in [3.8, 4) is 47.4 Å². The molecule has 1 amide bonds. The second-order valence-corrected chi connectivity index (χ2v) is 6.06. The largest absolute Gasteiger partial charge is 0.394 e. The molecule has 0 aliphatic carbocycles. The number of unbranched alkanes of at least 4 members (excludes halogenated alkanes) is 4. The van der Waals surface area contributed by atoms with Crippen LogP contribution in [-0.4, -0.2) is 30.5 Å². The van der Waals surface area contributed by atoms with Crippen molar-refractivity contribution in [2.75, 3.05) is 13.2 Å². The Hall–Kier alpha value is -2.37.